The highest BCUT2D eigenvalue weighted by Crippen LogP contribution is 2.31. The zero-order valence-corrected chi connectivity index (χ0v) is 17.4. The fourth-order valence-corrected chi connectivity index (χ4v) is 4.52. The van der Waals surface area contributed by atoms with Crippen molar-refractivity contribution in [3.63, 3.8) is 0 Å². The molecule has 2 aromatic carbocycles. The van der Waals surface area contributed by atoms with E-state index in [0.717, 1.165) is 29.4 Å². The number of fused-ring (bicyclic) bond motifs is 1. The molecule has 1 saturated heterocycles. The van der Waals surface area contributed by atoms with Gasteiger partial charge in [-0.15, -0.1) is 11.8 Å². The summed E-state index contributed by atoms with van der Waals surface area (Å²) in [7, 11) is 0. The summed E-state index contributed by atoms with van der Waals surface area (Å²) < 4.78 is 0. The Balaban J connectivity index is 1.29. The van der Waals surface area contributed by atoms with Crippen molar-refractivity contribution in [1.29, 1.82) is 0 Å². The smallest absolute Gasteiger partial charge is 0.251 e. The molecule has 0 bridgehead atoms. The number of anilines is 2. The predicted molar refractivity (Wildman–Crippen MR) is 118 cm³/mol. The largest absolute Gasteiger partial charge is 0.368 e. The summed E-state index contributed by atoms with van der Waals surface area (Å²) in [5.41, 5.74) is 2.24. The number of amides is 3. The molecule has 2 N–H and O–H groups in total. The van der Waals surface area contributed by atoms with Crippen molar-refractivity contribution >= 4 is 40.9 Å². The second-order valence-electron chi connectivity index (χ2n) is 7.24. The molecule has 0 radical (unpaired) electrons. The first-order chi connectivity index (χ1) is 14.6. The number of hydrogen-bond acceptors (Lipinski definition) is 5. The fourth-order valence-electron chi connectivity index (χ4n) is 3.58. The summed E-state index contributed by atoms with van der Waals surface area (Å²) in [6.07, 6.45) is 0.451. The van der Waals surface area contributed by atoms with Crippen LogP contribution < -0.4 is 15.5 Å². The van der Waals surface area contributed by atoms with Crippen molar-refractivity contribution in [3.8, 4) is 0 Å². The maximum absolute atomic E-state index is 12.5. The van der Waals surface area contributed by atoms with Crippen LogP contribution in [-0.4, -0.2) is 61.1 Å². The van der Waals surface area contributed by atoms with Crippen molar-refractivity contribution < 1.29 is 14.4 Å². The average molecular weight is 425 g/mol. The van der Waals surface area contributed by atoms with Gasteiger partial charge in [0.25, 0.3) is 5.91 Å². The summed E-state index contributed by atoms with van der Waals surface area (Å²) in [6, 6.07) is 15.4. The van der Waals surface area contributed by atoms with Crippen molar-refractivity contribution in [3.05, 3.63) is 54.1 Å². The van der Waals surface area contributed by atoms with Gasteiger partial charge in [0.1, 0.15) is 0 Å². The molecule has 2 aromatic rings. The number of nitrogens with zero attached hydrogens (tertiary/aromatic N) is 2. The molecule has 1 fully saturated rings. The van der Waals surface area contributed by atoms with Gasteiger partial charge in [0, 0.05) is 54.5 Å². The zero-order chi connectivity index (χ0) is 20.9. The molecule has 3 amide bonds. The number of piperazine rings is 1. The second-order valence-corrected chi connectivity index (χ2v) is 8.38. The van der Waals surface area contributed by atoms with Crippen molar-refractivity contribution in [2.24, 2.45) is 0 Å². The van der Waals surface area contributed by atoms with Gasteiger partial charge >= 0.3 is 0 Å². The molecule has 4 rings (SSSR count). The molecule has 0 aromatic heterocycles. The van der Waals surface area contributed by atoms with Gasteiger partial charge in [-0.05, 0) is 30.3 Å². The molecule has 0 unspecified atom stereocenters. The minimum Gasteiger partial charge on any atom is -0.368 e. The Morgan fingerprint density at radius 1 is 1.03 bits per heavy atom. The quantitative estimate of drug-likeness (QED) is 0.787. The van der Waals surface area contributed by atoms with Crippen LogP contribution in [0.1, 0.15) is 16.8 Å². The van der Waals surface area contributed by atoms with Gasteiger partial charge in [-0.2, -0.15) is 0 Å². The van der Waals surface area contributed by atoms with Crippen molar-refractivity contribution in [2.75, 3.05) is 48.7 Å². The van der Waals surface area contributed by atoms with Crippen LogP contribution in [0.3, 0.4) is 0 Å². The Bertz CT molecular complexity index is 943. The standard InChI is InChI=1S/C22H24N4O3S/c27-20-8-13-30-19-7-6-16(14-18(19)24-20)22(29)23-15-21(28)26-11-9-25(10-12-26)17-4-2-1-3-5-17/h1-7,14H,8-13,15H2,(H,23,29)(H,24,27). The zero-order valence-electron chi connectivity index (χ0n) is 16.6. The third-order valence-electron chi connectivity index (χ3n) is 5.26. The Morgan fingerprint density at radius 3 is 2.57 bits per heavy atom. The molecule has 2 aliphatic heterocycles. The van der Waals surface area contributed by atoms with Crippen LogP contribution >= 0.6 is 11.8 Å². The van der Waals surface area contributed by atoms with Gasteiger partial charge in [0.15, 0.2) is 0 Å². The van der Waals surface area contributed by atoms with E-state index < -0.39 is 0 Å². The highest BCUT2D eigenvalue weighted by Gasteiger charge is 2.22. The lowest BCUT2D eigenvalue weighted by Gasteiger charge is -2.36. The van der Waals surface area contributed by atoms with Crippen LogP contribution in [0.2, 0.25) is 0 Å². The van der Waals surface area contributed by atoms with E-state index in [-0.39, 0.29) is 24.3 Å². The normalized spacial score (nSPS) is 16.3. The number of carbonyl (C=O) groups is 3. The highest BCUT2D eigenvalue weighted by molar-refractivity contribution is 7.99. The molecule has 2 heterocycles. The first kappa shape index (κ1) is 20.3. The SMILES string of the molecule is O=C1CCSc2ccc(C(=O)NCC(=O)N3CCN(c4ccccc4)CC3)cc2N1. The van der Waals surface area contributed by atoms with E-state index >= 15 is 0 Å². The first-order valence-corrected chi connectivity index (χ1v) is 11.0. The molecule has 0 aliphatic carbocycles. The number of hydrogen-bond donors (Lipinski definition) is 2. The van der Waals surface area contributed by atoms with Gasteiger partial charge in [-0.3, -0.25) is 14.4 Å². The highest BCUT2D eigenvalue weighted by atomic mass is 32.2. The molecular weight excluding hydrogens is 400 g/mol. The van der Waals surface area contributed by atoms with Gasteiger partial charge in [0.2, 0.25) is 11.8 Å². The van der Waals surface area contributed by atoms with E-state index in [0.29, 0.717) is 30.8 Å². The Kier molecular flexibility index (Phi) is 6.23. The van der Waals surface area contributed by atoms with Gasteiger partial charge in [-0.1, -0.05) is 18.2 Å². The molecule has 2 aliphatic rings. The lowest BCUT2D eigenvalue weighted by Crippen LogP contribution is -2.51. The molecule has 156 valence electrons. The van der Waals surface area contributed by atoms with E-state index in [1.807, 2.05) is 24.3 Å². The van der Waals surface area contributed by atoms with E-state index in [1.165, 1.54) is 0 Å². The average Bonchev–Trinajstić information content (AvgIpc) is 2.97. The summed E-state index contributed by atoms with van der Waals surface area (Å²) in [5.74, 6) is 0.257. The number of carbonyl (C=O) groups excluding carboxylic acids is 3. The topological polar surface area (TPSA) is 81.8 Å². The minimum absolute atomic E-state index is 0.0393. The first-order valence-electron chi connectivity index (χ1n) is 10.0. The number of para-hydroxylation sites is 1. The van der Waals surface area contributed by atoms with Crippen LogP contribution in [0, 0.1) is 0 Å². The molecule has 0 saturated carbocycles. The molecule has 0 atom stereocenters. The summed E-state index contributed by atoms with van der Waals surface area (Å²) in [4.78, 5) is 41.8. The van der Waals surface area contributed by atoms with Gasteiger partial charge < -0.3 is 20.4 Å². The maximum Gasteiger partial charge on any atom is 0.251 e. The summed E-state index contributed by atoms with van der Waals surface area (Å²) >= 11 is 1.59. The third kappa shape index (κ3) is 4.76. The second kappa shape index (κ2) is 9.21. The third-order valence-corrected chi connectivity index (χ3v) is 6.33. The molecule has 8 heteroatoms. The summed E-state index contributed by atoms with van der Waals surface area (Å²) in [6.45, 7) is 2.76. The molecule has 0 spiro atoms. The number of thioether (sulfide) groups is 1. The minimum atomic E-state index is -0.322. The molecule has 30 heavy (non-hydrogen) atoms. The molecule has 7 nitrogen and oxygen atoms in total. The van der Waals surface area contributed by atoms with Crippen LogP contribution in [0.25, 0.3) is 0 Å². The van der Waals surface area contributed by atoms with Crippen molar-refractivity contribution in [1.82, 2.24) is 10.2 Å². The lowest BCUT2D eigenvalue weighted by atomic mass is 10.2. The fraction of sp³-hybridized carbons (Fsp3) is 0.318. The van der Waals surface area contributed by atoms with Crippen LogP contribution in [0.15, 0.2) is 53.4 Å². The Labute approximate surface area is 179 Å². The lowest BCUT2D eigenvalue weighted by molar-refractivity contribution is -0.130. The molecular formula is C22H24N4O3S. The van der Waals surface area contributed by atoms with Gasteiger partial charge in [0.05, 0.1) is 12.2 Å². The van der Waals surface area contributed by atoms with Crippen LogP contribution in [-0.2, 0) is 9.59 Å². The Hall–Kier alpha value is -3.00. The number of benzene rings is 2. The van der Waals surface area contributed by atoms with E-state index in [1.54, 1.807) is 28.8 Å². The van der Waals surface area contributed by atoms with E-state index in [4.69, 9.17) is 0 Å². The van der Waals surface area contributed by atoms with E-state index in [9.17, 15) is 14.4 Å². The summed E-state index contributed by atoms with van der Waals surface area (Å²) in [5, 5.41) is 5.54. The number of rotatable bonds is 4. The van der Waals surface area contributed by atoms with Crippen LogP contribution in [0.4, 0.5) is 11.4 Å². The van der Waals surface area contributed by atoms with Gasteiger partial charge in [-0.25, -0.2) is 0 Å². The Morgan fingerprint density at radius 2 is 1.80 bits per heavy atom. The van der Waals surface area contributed by atoms with E-state index in [2.05, 4.69) is 27.7 Å². The number of nitrogens with one attached hydrogen (secondary N) is 2. The van der Waals surface area contributed by atoms with Crippen LogP contribution in [0.5, 0.6) is 0 Å². The maximum atomic E-state index is 12.5. The van der Waals surface area contributed by atoms with Crippen molar-refractivity contribution in [2.45, 2.75) is 11.3 Å². The monoisotopic (exact) mass is 424 g/mol. The predicted octanol–water partition coefficient (Wildman–Crippen LogP) is 2.20.